The monoisotopic (exact) mass is 461 g/mol. The van der Waals surface area contributed by atoms with Crippen molar-refractivity contribution in [1.82, 2.24) is 14.5 Å². The number of nitrogens with zero attached hydrogens (tertiary/aromatic N) is 4. The molecule has 5 rings (SSSR count). The van der Waals surface area contributed by atoms with Gasteiger partial charge in [-0.15, -0.1) is 11.3 Å². The molecule has 3 aromatic heterocycles. The lowest BCUT2D eigenvalue weighted by atomic mass is 10.1. The van der Waals surface area contributed by atoms with Crippen LogP contribution >= 0.6 is 11.3 Å². The smallest absolute Gasteiger partial charge is 0.274 e. The number of aliphatic hydroxyl groups is 1. The van der Waals surface area contributed by atoms with Crippen molar-refractivity contribution >= 4 is 28.1 Å². The molecule has 2 N–H and O–H groups in total. The van der Waals surface area contributed by atoms with Crippen LogP contribution in [-0.4, -0.2) is 39.2 Å². The molecule has 1 atom stereocenters. The summed E-state index contributed by atoms with van der Waals surface area (Å²) in [6.45, 7) is 1.64. The van der Waals surface area contributed by atoms with Gasteiger partial charge in [0.15, 0.2) is 5.13 Å². The van der Waals surface area contributed by atoms with Crippen LogP contribution in [0, 0.1) is 0 Å². The van der Waals surface area contributed by atoms with Gasteiger partial charge in [0.05, 0.1) is 11.7 Å². The Hall–Kier alpha value is -3.49. The Labute approximate surface area is 197 Å². The lowest BCUT2D eigenvalue weighted by Gasteiger charge is -2.25. The van der Waals surface area contributed by atoms with Gasteiger partial charge in [-0.2, -0.15) is 0 Å². The second-order valence-electron chi connectivity index (χ2n) is 7.60. The molecule has 7 nitrogen and oxygen atoms in total. The quantitative estimate of drug-likeness (QED) is 0.439. The third kappa shape index (κ3) is 5.30. The Morgan fingerprint density at radius 2 is 1.91 bits per heavy atom. The maximum Gasteiger partial charge on any atom is 0.274 e. The summed E-state index contributed by atoms with van der Waals surface area (Å²) in [4.78, 5) is 24.1. The number of para-hydroxylation sites is 1. The molecule has 0 aliphatic carbocycles. The van der Waals surface area contributed by atoms with Gasteiger partial charge in [0, 0.05) is 49.9 Å². The summed E-state index contributed by atoms with van der Waals surface area (Å²) in [6.07, 6.45) is 7.65. The molecule has 1 aromatic carbocycles. The molecule has 0 saturated carbocycles. The first kappa shape index (κ1) is 22.7. The molecule has 1 fully saturated rings. The van der Waals surface area contributed by atoms with E-state index in [4.69, 9.17) is 10.1 Å². The minimum absolute atomic E-state index is 0.147. The molecule has 0 spiro atoms. The van der Waals surface area contributed by atoms with Crippen LogP contribution in [0.2, 0.25) is 0 Å². The summed E-state index contributed by atoms with van der Waals surface area (Å²) in [5, 5.41) is 12.7. The third-order valence-corrected chi connectivity index (χ3v) is 6.36. The van der Waals surface area contributed by atoms with Crippen molar-refractivity contribution in [2.24, 2.45) is 0 Å². The highest BCUT2D eigenvalue weighted by atomic mass is 32.1. The van der Waals surface area contributed by atoms with Gasteiger partial charge in [-0.25, -0.2) is 4.98 Å². The first-order chi connectivity index (χ1) is 16.3. The lowest BCUT2D eigenvalue weighted by Crippen LogP contribution is -2.22. The van der Waals surface area contributed by atoms with E-state index in [9.17, 15) is 4.79 Å². The van der Waals surface area contributed by atoms with Gasteiger partial charge in [-0.05, 0) is 54.8 Å². The number of hydrogen-bond donors (Lipinski definition) is 2. The summed E-state index contributed by atoms with van der Waals surface area (Å²) >= 11 is 1.48. The number of amides is 1. The molecular formula is C25H27N5O2S. The SMILES string of the molecule is CO.O=C(Nc1nc(C2CCCN2c2ccccc2)cs1)c1cccn1Cc1ccncc1. The van der Waals surface area contributed by atoms with Crippen LogP contribution in [-0.2, 0) is 6.54 Å². The van der Waals surface area contributed by atoms with Gasteiger partial charge in [-0.1, -0.05) is 18.2 Å². The van der Waals surface area contributed by atoms with E-state index in [1.54, 1.807) is 12.4 Å². The molecular weight excluding hydrogens is 434 g/mol. The molecule has 33 heavy (non-hydrogen) atoms. The summed E-state index contributed by atoms with van der Waals surface area (Å²) in [5.41, 5.74) is 3.95. The normalized spacial score (nSPS) is 15.1. The average Bonchev–Trinajstić information content (AvgIpc) is 3.62. The van der Waals surface area contributed by atoms with Crippen LogP contribution in [0.3, 0.4) is 0 Å². The van der Waals surface area contributed by atoms with Gasteiger partial charge in [-0.3, -0.25) is 15.1 Å². The maximum atomic E-state index is 12.9. The fourth-order valence-corrected chi connectivity index (χ4v) is 4.86. The predicted octanol–water partition coefficient (Wildman–Crippen LogP) is 4.59. The van der Waals surface area contributed by atoms with E-state index in [0.717, 1.165) is 37.8 Å². The largest absolute Gasteiger partial charge is 0.400 e. The summed E-state index contributed by atoms with van der Waals surface area (Å²) in [7, 11) is 1.00. The number of anilines is 2. The minimum Gasteiger partial charge on any atom is -0.400 e. The Morgan fingerprint density at radius 3 is 2.70 bits per heavy atom. The van der Waals surface area contributed by atoms with Crippen LogP contribution < -0.4 is 10.2 Å². The molecule has 4 heterocycles. The van der Waals surface area contributed by atoms with Crippen LogP contribution in [0.4, 0.5) is 10.8 Å². The van der Waals surface area contributed by atoms with Crippen molar-refractivity contribution in [3.63, 3.8) is 0 Å². The van der Waals surface area contributed by atoms with Crippen molar-refractivity contribution in [2.45, 2.75) is 25.4 Å². The molecule has 170 valence electrons. The molecule has 1 aliphatic heterocycles. The van der Waals surface area contributed by atoms with Crippen molar-refractivity contribution in [1.29, 1.82) is 0 Å². The number of thiazole rings is 1. The molecule has 1 amide bonds. The first-order valence-corrected chi connectivity index (χ1v) is 11.7. The zero-order valence-electron chi connectivity index (χ0n) is 18.5. The Kier molecular flexibility index (Phi) is 7.49. The molecule has 0 radical (unpaired) electrons. The molecule has 1 saturated heterocycles. The number of pyridine rings is 1. The maximum absolute atomic E-state index is 12.9. The van der Waals surface area contributed by atoms with E-state index in [2.05, 4.69) is 44.8 Å². The zero-order valence-corrected chi connectivity index (χ0v) is 19.3. The van der Waals surface area contributed by atoms with Crippen molar-refractivity contribution in [3.05, 3.63) is 95.5 Å². The number of nitrogens with one attached hydrogen (secondary N) is 1. The highest BCUT2D eigenvalue weighted by Crippen LogP contribution is 2.37. The predicted molar refractivity (Wildman–Crippen MR) is 132 cm³/mol. The van der Waals surface area contributed by atoms with E-state index in [-0.39, 0.29) is 11.9 Å². The fraction of sp³-hybridized carbons (Fsp3) is 0.240. The van der Waals surface area contributed by atoms with Gasteiger partial charge in [0.1, 0.15) is 5.69 Å². The van der Waals surface area contributed by atoms with Crippen LogP contribution in [0.5, 0.6) is 0 Å². The van der Waals surface area contributed by atoms with Gasteiger partial charge >= 0.3 is 0 Å². The van der Waals surface area contributed by atoms with Gasteiger partial charge in [0.25, 0.3) is 5.91 Å². The topological polar surface area (TPSA) is 83.3 Å². The molecule has 4 aromatic rings. The van der Waals surface area contributed by atoms with E-state index in [1.807, 2.05) is 41.1 Å². The summed E-state index contributed by atoms with van der Waals surface area (Å²) < 4.78 is 1.94. The third-order valence-electron chi connectivity index (χ3n) is 5.59. The zero-order chi connectivity index (χ0) is 23.0. The Morgan fingerprint density at radius 1 is 1.12 bits per heavy atom. The lowest BCUT2D eigenvalue weighted by molar-refractivity contribution is 0.101. The Balaban J connectivity index is 0.00000126. The number of rotatable bonds is 6. The van der Waals surface area contributed by atoms with E-state index < -0.39 is 0 Å². The highest BCUT2D eigenvalue weighted by Gasteiger charge is 2.28. The van der Waals surface area contributed by atoms with Crippen LogP contribution in [0.25, 0.3) is 0 Å². The highest BCUT2D eigenvalue weighted by molar-refractivity contribution is 7.14. The number of hydrogen-bond acceptors (Lipinski definition) is 6. The average molecular weight is 462 g/mol. The van der Waals surface area contributed by atoms with Crippen LogP contribution in [0.1, 0.15) is 40.6 Å². The summed E-state index contributed by atoms with van der Waals surface area (Å²) in [6, 6.07) is 18.3. The molecule has 1 aliphatic rings. The molecule has 1 unspecified atom stereocenters. The van der Waals surface area contributed by atoms with Crippen molar-refractivity contribution in [3.8, 4) is 0 Å². The van der Waals surface area contributed by atoms with Gasteiger partial charge in [0.2, 0.25) is 0 Å². The van der Waals surface area contributed by atoms with Gasteiger partial charge < -0.3 is 14.6 Å². The van der Waals surface area contributed by atoms with Crippen molar-refractivity contribution < 1.29 is 9.90 Å². The number of carbonyl (C=O) groups is 1. The fourth-order valence-electron chi connectivity index (χ4n) is 4.10. The number of carbonyl (C=O) groups excluding carboxylic acids is 1. The first-order valence-electron chi connectivity index (χ1n) is 10.9. The van der Waals surface area contributed by atoms with E-state index in [1.165, 1.54) is 17.0 Å². The summed E-state index contributed by atoms with van der Waals surface area (Å²) in [5.74, 6) is -0.147. The minimum atomic E-state index is -0.147. The Bertz CT molecular complexity index is 1160. The molecule has 0 bridgehead atoms. The molecule has 8 heteroatoms. The van der Waals surface area contributed by atoms with E-state index >= 15 is 0 Å². The van der Waals surface area contributed by atoms with Crippen LogP contribution in [0.15, 0.2) is 78.6 Å². The number of aliphatic hydroxyl groups excluding tert-OH is 1. The number of aromatic nitrogens is 3. The second-order valence-corrected chi connectivity index (χ2v) is 8.45. The van der Waals surface area contributed by atoms with E-state index in [0.29, 0.717) is 17.4 Å². The number of benzene rings is 1. The van der Waals surface area contributed by atoms with Crippen molar-refractivity contribution in [2.75, 3.05) is 23.9 Å². The second kappa shape index (κ2) is 10.9. The standard InChI is InChI=1S/C24H23N5OS.CH4O/c30-23(22-9-4-14-28(22)16-18-10-12-25-13-11-18)27-24-26-20(17-31-24)21-8-5-15-29(21)19-6-2-1-3-7-19;1-2/h1-4,6-7,9-14,17,21H,5,8,15-16H2,(H,26,27,30);2H,1H3.